The molecule has 0 bridgehead atoms. The molecule has 7 nitrogen and oxygen atoms in total. The Morgan fingerprint density at radius 2 is 1.66 bits per heavy atom. The van der Waals surface area contributed by atoms with E-state index in [1.807, 2.05) is 6.07 Å². The van der Waals surface area contributed by atoms with E-state index in [-0.39, 0.29) is 0 Å². The van der Waals surface area contributed by atoms with E-state index >= 15 is 0 Å². The first-order chi connectivity index (χ1) is 13.8. The lowest BCUT2D eigenvalue weighted by Crippen LogP contribution is -2.20. The van der Waals surface area contributed by atoms with Crippen LogP contribution < -0.4 is 10.1 Å². The van der Waals surface area contributed by atoms with Crippen LogP contribution in [0.2, 0.25) is 0 Å². The van der Waals surface area contributed by atoms with Crippen LogP contribution in [-0.4, -0.2) is 48.5 Å². The van der Waals surface area contributed by atoms with E-state index in [1.165, 1.54) is 11.1 Å². The van der Waals surface area contributed by atoms with Gasteiger partial charge in [0.2, 0.25) is 0 Å². The topological polar surface area (TPSA) is 105 Å². The van der Waals surface area contributed by atoms with E-state index in [0.29, 0.717) is 19.8 Å². The SMILES string of the molecule is Cc1cc(C)c(OCCOCCNCc2ccccc2)c(Br)c1.O=C(O)C(=O)O. The number of halogens is 1. The zero-order valence-electron chi connectivity index (χ0n) is 16.5. The molecule has 0 saturated heterocycles. The van der Waals surface area contributed by atoms with Crippen molar-refractivity contribution >= 4 is 27.9 Å². The van der Waals surface area contributed by atoms with E-state index < -0.39 is 11.9 Å². The number of ether oxygens (including phenoxy) is 2. The van der Waals surface area contributed by atoms with Crippen molar-refractivity contribution in [3.8, 4) is 5.75 Å². The minimum atomic E-state index is -1.82. The summed E-state index contributed by atoms with van der Waals surface area (Å²) < 4.78 is 12.4. The summed E-state index contributed by atoms with van der Waals surface area (Å²) in [7, 11) is 0. The molecule has 2 aromatic rings. The third-order valence-corrected chi connectivity index (χ3v) is 4.21. The second kappa shape index (κ2) is 13.7. The quantitative estimate of drug-likeness (QED) is 0.383. The van der Waals surface area contributed by atoms with Gasteiger partial charge in [-0.1, -0.05) is 36.4 Å². The van der Waals surface area contributed by atoms with Crippen molar-refractivity contribution in [2.24, 2.45) is 0 Å². The molecule has 0 aliphatic heterocycles. The zero-order chi connectivity index (χ0) is 21.6. The molecule has 0 aliphatic rings. The van der Waals surface area contributed by atoms with Gasteiger partial charge >= 0.3 is 11.9 Å². The highest BCUT2D eigenvalue weighted by Crippen LogP contribution is 2.30. The van der Waals surface area contributed by atoms with Gasteiger partial charge in [-0.05, 0) is 52.5 Å². The molecular weight excluding hydrogens is 442 g/mol. The maximum absolute atomic E-state index is 9.10. The van der Waals surface area contributed by atoms with Crippen LogP contribution in [0.3, 0.4) is 0 Å². The molecule has 0 radical (unpaired) electrons. The summed E-state index contributed by atoms with van der Waals surface area (Å²) >= 11 is 3.55. The van der Waals surface area contributed by atoms with E-state index in [2.05, 4.69) is 71.5 Å². The molecule has 0 spiro atoms. The first-order valence-electron chi connectivity index (χ1n) is 8.99. The second-order valence-electron chi connectivity index (χ2n) is 6.13. The van der Waals surface area contributed by atoms with Crippen molar-refractivity contribution in [1.82, 2.24) is 5.32 Å². The van der Waals surface area contributed by atoms with Crippen molar-refractivity contribution in [2.45, 2.75) is 20.4 Å². The summed E-state index contributed by atoms with van der Waals surface area (Å²) in [5.41, 5.74) is 3.65. The second-order valence-corrected chi connectivity index (χ2v) is 6.98. The molecule has 8 heteroatoms. The highest BCUT2D eigenvalue weighted by molar-refractivity contribution is 9.10. The van der Waals surface area contributed by atoms with Crippen molar-refractivity contribution in [3.05, 3.63) is 63.6 Å². The summed E-state index contributed by atoms with van der Waals surface area (Å²) in [6.45, 7) is 7.67. The van der Waals surface area contributed by atoms with Crippen molar-refractivity contribution in [3.63, 3.8) is 0 Å². The summed E-state index contributed by atoms with van der Waals surface area (Å²) in [6.07, 6.45) is 0. The van der Waals surface area contributed by atoms with Crippen LogP contribution in [0.4, 0.5) is 0 Å². The number of hydrogen-bond donors (Lipinski definition) is 3. The average Bonchev–Trinajstić information content (AvgIpc) is 2.66. The van der Waals surface area contributed by atoms with Crippen LogP contribution >= 0.6 is 15.9 Å². The Kier molecular flexibility index (Phi) is 11.6. The number of aryl methyl sites for hydroxylation is 2. The standard InChI is InChI=1S/C19H24BrNO2.C2H2O4/c1-15-12-16(2)19(18(20)13-15)23-11-10-22-9-8-21-14-17-6-4-3-5-7-17;3-1(4)2(5)6/h3-7,12-13,21H,8-11,14H2,1-2H3;(H,3,4)(H,5,6). The molecule has 0 aliphatic carbocycles. The lowest BCUT2D eigenvalue weighted by molar-refractivity contribution is -0.159. The van der Waals surface area contributed by atoms with Gasteiger partial charge in [0.25, 0.3) is 0 Å². The number of hydrogen-bond acceptors (Lipinski definition) is 5. The Labute approximate surface area is 178 Å². The van der Waals surface area contributed by atoms with Crippen LogP contribution in [-0.2, 0) is 20.9 Å². The number of aliphatic carboxylic acids is 2. The molecule has 29 heavy (non-hydrogen) atoms. The van der Waals surface area contributed by atoms with Gasteiger partial charge in [-0.25, -0.2) is 9.59 Å². The average molecular weight is 468 g/mol. The maximum atomic E-state index is 9.10. The molecule has 3 N–H and O–H groups in total. The third-order valence-electron chi connectivity index (χ3n) is 3.63. The molecule has 0 aromatic heterocycles. The Morgan fingerprint density at radius 3 is 2.24 bits per heavy atom. The molecule has 0 unspecified atom stereocenters. The van der Waals surface area contributed by atoms with Crippen LogP contribution in [0, 0.1) is 13.8 Å². The highest BCUT2D eigenvalue weighted by Gasteiger charge is 2.06. The van der Waals surface area contributed by atoms with Crippen molar-refractivity contribution in [1.29, 1.82) is 0 Å². The summed E-state index contributed by atoms with van der Waals surface area (Å²) in [5.74, 6) is -2.74. The molecule has 2 rings (SSSR count). The number of rotatable bonds is 9. The molecule has 0 fully saturated rings. The van der Waals surface area contributed by atoms with Gasteiger partial charge in [-0.15, -0.1) is 0 Å². The summed E-state index contributed by atoms with van der Waals surface area (Å²) in [4.78, 5) is 18.2. The third kappa shape index (κ3) is 10.6. The van der Waals surface area contributed by atoms with Gasteiger partial charge in [0.15, 0.2) is 0 Å². The van der Waals surface area contributed by atoms with E-state index in [9.17, 15) is 0 Å². The summed E-state index contributed by atoms with van der Waals surface area (Å²) in [5, 5.41) is 18.1. The first kappa shape index (κ1) is 24.6. The minimum Gasteiger partial charge on any atom is -0.490 e. The fourth-order valence-corrected chi connectivity index (χ4v) is 3.15. The van der Waals surface area contributed by atoms with Crippen molar-refractivity contribution in [2.75, 3.05) is 26.4 Å². The van der Waals surface area contributed by atoms with Gasteiger partial charge in [0, 0.05) is 13.1 Å². The Bertz CT molecular complexity index is 747. The van der Waals surface area contributed by atoms with Crippen LogP contribution in [0.1, 0.15) is 16.7 Å². The Hall–Kier alpha value is -2.42. The lowest BCUT2D eigenvalue weighted by Gasteiger charge is -2.12. The van der Waals surface area contributed by atoms with Crippen LogP contribution in [0.25, 0.3) is 0 Å². The van der Waals surface area contributed by atoms with E-state index in [1.54, 1.807) is 0 Å². The smallest absolute Gasteiger partial charge is 0.414 e. The van der Waals surface area contributed by atoms with E-state index in [4.69, 9.17) is 29.3 Å². The fraction of sp³-hybridized carbons (Fsp3) is 0.333. The fourth-order valence-electron chi connectivity index (χ4n) is 2.36. The molecule has 2 aromatic carbocycles. The van der Waals surface area contributed by atoms with E-state index in [0.717, 1.165) is 28.9 Å². The lowest BCUT2D eigenvalue weighted by atomic mass is 10.1. The van der Waals surface area contributed by atoms with Gasteiger partial charge in [0.05, 0.1) is 17.7 Å². The molecule has 0 heterocycles. The largest absolute Gasteiger partial charge is 0.490 e. The van der Waals surface area contributed by atoms with Gasteiger partial charge in [-0.2, -0.15) is 0 Å². The minimum absolute atomic E-state index is 0.557. The normalized spacial score (nSPS) is 10.0. The zero-order valence-corrected chi connectivity index (χ0v) is 18.1. The Balaban J connectivity index is 0.000000612. The van der Waals surface area contributed by atoms with Gasteiger partial charge in [0.1, 0.15) is 12.4 Å². The number of carboxylic acid groups (broad SMARTS) is 2. The number of benzene rings is 2. The number of nitrogens with one attached hydrogen (secondary N) is 1. The predicted octanol–water partition coefficient (Wildman–Crippen LogP) is 3.41. The highest BCUT2D eigenvalue weighted by atomic mass is 79.9. The van der Waals surface area contributed by atoms with Crippen LogP contribution in [0.15, 0.2) is 46.9 Å². The summed E-state index contributed by atoms with van der Waals surface area (Å²) in [6, 6.07) is 14.5. The molecular formula is C21H26BrNO6. The van der Waals surface area contributed by atoms with Gasteiger partial charge in [-0.3, -0.25) is 0 Å². The maximum Gasteiger partial charge on any atom is 0.414 e. The van der Waals surface area contributed by atoms with Crippen molar-refractivity contribution < 1.29 is 29.3 Å². The Morgan fingerprint density at radius 1 is 1.00 bits per heavy atom. The molecule has 0 amide bonds. The monoisotopic (exact) mass is 467 g/mol. The van der Waals surface area contributed by atoms with Crippen LogP contribution in [0.5, 0.6) is 5.75 Å². The number of carboxylic acids is 2. The molecule has 0 atom stereocenters. The first-order valence-corrected chi connectivity index (χ1v) is 9.78. The molecule has 0 saturated carbocycles. The predicted molar refractivity (Wildman–Crippen MR) is 113 cm³/mol. The number of carbonyl (C=O) groups is 2. The van der Waals surface area contributed by atoms with Gasteiger partial charge < -0.3 is 25.0 Å². The molecule has 158 valence electrons.